The van der Waals surface area contributed by atoms with Gasteiger partial charge < -0.3 is 33.8 Å². The zero-order valence-corrected chi connectivity index (χ0v) is 68.9. The summed E-state index contributed by atoms with van der Waals surface area (Å²) in [5.41, 5.74) is 0. The van der Waals surface area contributed by atoms with E-state index in [-0.39, 0.29) is 25.7 Å². The highest BCUT2D eigenvalue weighted by Crippen LogP contribution is 2.45. The maximum Gasteiger partial charge on any atom is 0.472 e. The summed E-state index contributed by atoms with van der Waals surface area (Å²) in [6.45, 7) is 11.9. The van der Waals surface area contributed by atoms with Gasteiger partial charge in [0.2, 0.25) is 0 Å². The molecule has 0 aromatic rings. The molecular formula is C83H162O17P2. The number of aliphatic hydroxyl groups is 1. The quantitative estimate of drug-likeness (QED) is 0.0222. The van der Waals surface area contributed by atoms with Gasteiger partial charge in [0.05, 0.1) is 26.4 Å². The summed E-state index contributed by atoms with van der Waals surface area (Å²) in [5, 5.41) is 10.7. The number of phosphoric acid groups is 2. The average molecular weight is 1490 g/mol. The summed E-state index contributed by atoms with van der Waals surface area (Å²) in [6.07, 6.45) is 62.6. The van der Waals surface area contributed by atoms with Crippen molar-refractivity contribution in [3.63, 3.8) is 0 Å². The second kappa shape index (κ2) is 73.2. The Morgan fingerprint density at radius 1 is 0.284 bits per heavy atom. The summed E-state index contributed by atoms with van der Waals surface area (Å²) >= 11 is 0. The van der Waals surface area contributed by atoms with E-state index in [1.807, 2.05) is 0 Å². The largest absolute Gasteiger partial charge is 0.472 e. The molecule has 0 saturated carbocycles. The smallest absolute Gasteiger partial charge is 0.462 e. The van der Waals surface area contributed by atoms with Crippen molar-refractivity contribution in [1.82, 2.24) is 0 Å². The van der Waals surface area contributed by atoms with E-state index in [1.54, 1.807) is 0 Å². The van der Waals surface area contributed by atoms with Crippen molar-refractivity contribution in [3.05, 3.63) is 0 Å². The Morgan fingerprint density at radius 2 is 0.500 bits per heavy atom. The number of unbranched alkanes of at least 4 members (excludes halogenated alkanes) is 48. The Morgan fingerprint density at radius 3 is 0.745 bits per heavy atom. The lowest BCUT2D eigenvalue weighted by Gasteiger charge is -2.21. The minimum Gasteiger partial charge on any atom is -0.462 e. The van der Waals surface area contributed by atoms with Crippen molar-refractivity contribution in [3.8, 4) is 0 Å². The number of hydrogen-bond acceptors (Lipinski definition) is 15. The van der Waals surface area contributed by atoms with Crippen LogP contribution in [0.25, 0.3) is 0 Å². The minimum absolute atomic E-state index is 0.105. The Labute approximate surface area is 626 Å². The van der Waals surface area contributed by atoms with Crippen LogP contribution in [-0.2, 0) is 65.4 Å². The summed E-state index contributed by atoms with van der Waals surface area (Å²) < 4.78 is 68.8. The molecule has 0 spiro atoms. The first-order valence-electron chi connectivity index (χ1n) is 42.9. The second-order valence-electron chi connectivity index (χ2n) is 31.1. The van der Waals surface area contributed by atoms with Crippen LogP contribution in [0.4, 0.5) is 0 Å². The van der Waals surface area contributed by atoms with E-state index in [0.29, 0.717) is 25.7 Å². The van der Waals surface area contributed by atoms with E-state index >= 15 is 0 Å². The van der Waals surface area contributed by atoms with E-state index < -0.39 is 97.5 Å². The molecule has 0 heterocycles. The molecule has 3 N–H and O–H groups in total. The molecule has 3 unspecified atom stereocenters. The number of aliphatic hydroxyl groups excluding tert-OH is 1. The Kier molecular flexibility index (Phi) is 71.8. The molecule has 19 heteroatoms. The predicted molar refractivity (Wildman–Crippen MR) is 418 cm³/mol. The Hall–Kier alpha value is -1.94. The van der Waals surface area contributed by atoms with Crippen LogP contribution in [0.1, 0.15) is 434 Å². The van der Waals surface area contributed by atoms with Gasteiger partial charge >= 0.3 is 39.5 Å². The Balaban J connectivity index is 5.23. The molecule has 0 bridgehead atoms. The van der Waals surface area contributed by atoms with Gasteiger partial charge in [-0.3, -0.25) is 37.3 Å². The van der Waals surface area contributed by atoms with Crippen LogP contribution < -0.4 is 0 Å². The first kappa shape index (κ1) is 100. The fourth-order valence-electron chi connectivity index (χ4n) is 12.8. The maximum atomic E-state index is 13.1. The van der Waals surface area contributed by atoms with Crippen molar-refractivity contribution in [2.75, 3.05) is 39.6 Å². The summed E-state index contributed by atoms with van der Waals surface area (Å²) in [4.78, 5) is 73.1. The number of hydrogen-bond donors (Lipinski definition) is 3. The molecule has 0 fully saturated rings. The zero-order chi connectivity index (χ0) is 75.1. The van der Waals surface area contributed by atoms with E-state index in [4.69, 9.17) is 37.0 Å². The molecule has 102 heavy (non-hydrogen) atoms. The highest BCUT2D eigenvalue weighted by molar-refractivity contribution is 7.47. The number of esters is 4. The third kappa shape index (κ3) is 74.9. The lowest BCUT2D eigenvalue weighted by Crippen LogP contribution is -2.30. The van der Waals surface area contributed by atoms with Crippen LogP contribution in [0.15, 0.2) is 0 Å². The van der Waals surface area contributed by atoms with Crippen molar-refractivity contribution in [2.45, 2.75) is 452 Å². The van der Waals surface area contributed by atoms with Gasteiger partial charge in [-0.2, -0.15) is 0 Å². The summed E-state index contributed by atoms with van der Waals surface area (Å²) in [6, 6.07) is 0. The van der Waals surface area contributed by atoms with Crippen LogP contribution in [0.2, 0.25) is 0 Å². The molecule has 0 radical (unpaired) electrons. The first-order valence-corrected chi connectivity index (χ1v) is 45.9. The molecule has 6 atom stereocenters. The van der Waals surface area contributed by atoms with Crippen molar-refractivity contribution in [1.29, 1.82) is 0 Å². The molecule has 0 saturated heterocycles. The second-order valence-corrected chi connectivity index (χ2v) is 34.0. The normalized spacial score (nSPS) is 14.2. The van der Waals surface area contributed by atoms with E-state index in [2.05, 4.69) is 48.5 Å². The van der Waals surface area contributed by atoms with Crippen LogP contribution in [0, 0.1) is 17.8 Å². The summed E-state index contributed by atoms with van der Waals surface area (Å²) in [7, 11) is -9.92. The van der Waals surface area contributed by atoms with Gasteiger partial charge in [0.1, 0.15) is 19.3 Å². The first-order chi connectivity index (χ1) is 49.3. The van der Waals surface area contributed by atoms with Gasteiger partial charge in [0.15, 0.2) is 12.2 Å². The highest BCUT2D eigenvalue weighted by Gasteiger charge is 2.30. The molecular weight excluding hydrogens is 1330 g/mol. The highest BCUT2D eigenvalue weighted by atomic mass is 31.2. The van der Waals surface area contributed by atoms with Gasteiger partial charge in [-0.25, -0.2) is 9.13 Å². The number of carbonyl (C=O) groups is 4. The van der Waals surface area contributed by atoms with Gasteiger partial charge in [-0.15, -0.1) is 0 Å². The number of phosphoric ester groups is 2. The lowest BCUT2D eigenvalue weighted by molar-refractivity contribution is -0.161. The third-order valence-corrected chi connectivity index (χ3v) is 21.6. The minimum atomic E-state index is -4.96. The standard InChI is InChI=1S/C83H162O17P2/c1-8-10-11-12-13-14-15-16-17-18-19-20-21-22-23-24-27-31-36-45-52-59-66-82(87)99-78(70-93-80(85)64-57-50-43-35-30-28-25-26-29-33-40-47-54-61-74(3)4)72-97-101(89,90)95-68-77(84)69-96-102(91,92)98-73-79(100-83(88)67-60-53-46-37-32-34-41-48-55-62-75(5)6)71-94-81(86)65-58-51-44-39-38-42-49-56-63-76(7)9-2/h74-79,84H,8-73H2,1-7H3,(H,89,90)(H,91,92)/t76?,77-,78-,79-/m1/s1. The number of carbonyl (C=O) groups excluding carboxylic acids is 4. The summed E-state index contributed by atoms with van der Waals surface area (Å²) in [5.74, 6) is 0.194. The van der Waals surface area contributed by atoms with Crippen LogP contribution in [-0.4, -0.2) is 96.7 Å². The van der Waals surface area contributed by atoms with Crippen molar-refractivity contribution in [2.24, 2.45) is 17.8 Å². The molecule has 606 valence electrons. The lowest BCUT2D eigenvalue weighted by atomic mass is 9.99. The zero-order valence-electron chi connectivity index (χ0n) is 67.1. The maximum absolute atomic E-state index is 13.1. The molecule has 0 aromatic heterocycles. The van der Waals surface area contributed by atoms with Gasteiger partial charge in [-0.05, 0) is 43.4 Å². The molecule has 0 aromatic carbocycles. The number of rotatable bonds is 81. The Bertz CT molecular complexity index is 1980. The fraction of sp³-hybridized carbons (Fsp3) is 0.952. The topological polar surface area (TPSA) is 237 Å². The van der Waals surface area contributed by atoms with Crippen molar-refractivity contribution >= 4 is 39.5 Å². The SMILES string of the molecule is CCCCCCCCCCCCCCCCCCCCCCCCC(=O)O[C@H](COC(=O)CCCCCCCCCCCCCCCC(C)C)COP(=O)(O)OC[C@@H](O)COP(=O)(O)OC[C@@H](COC(=O)CCCCCCCCCCC(C)CC)OC(=O)CCCCCCCCCCCC(C)C. The van der Waals surface area contributed by atoms with Crippen molar-refractivity contribution < 1.29 is 80.2 Å². The van der Waals surface area contributed by atoms with Crippen LogP contribution in [0.3, 0.4) is 0 Å². The van der Waals surface area contributed by atoms with Gasteiger partial charge in [0, 0.05) is 25.7 Å². The fourth-order valence-corrected chi connectivity index (χ4v) is 14.4. The molecule has 0 aliphatic heterocycles. The van der Waals surface area contributed by atoms with Gasteiger partial charge in [-0.1, -0.05) is 382 Å². The molecule has 17 nitrogen and oxygen atoms in total. The van der Waals surface area contributed by atoms with Crippen LogP contribution in [0.5, 0.6) is 0 Å². The van der Waals surface area contributed by atoms with E-state index in [1.165, 1.54) is 244 Å². The number of ether oxygens (including phenoxy) is 4. The third-order valence-electron chi connectivity index (χ3n) is 19.7. The molecule has 0 aliphatic rings. The average Bonchev–Trinajstić information content (AvgIpc) is 0.922. The van der Waals surface area contributed by atoms with Gasteiger partial charge in [0.25, 0.3) is 0 Å². The molecule has 0 rings (SSSR count). The van der Waals surface area contributed by atoms with E-state index in [9.17, 15) is 43.2 Å². The molecule has 0 amide bonds. The molecule has 0 aliphatic carbocycles. The monoisotopic (exact) mass is 1490 g/mol. The predicted octanol–water partition coefficient (Wildman–Crippen LogP) is 24.9. The van der Waals surface area contributed by atoms with Crippen LogP contribution >= 0.6 is 15.6 Å². The van der Waals surface area contributed by atoms with E-state index in [0.717, 1.165) is 108 Å².